The van der Waals surface area contributed by atoms with Crippen LogP contribution < -0.4 is 5.32 Å². The largest absolute Gasteiger partial charge is 0.393 e. The summed E-state index contributed by atoms with van der Waals surface area (Å²) < 4.78 is 4.26. The van der Waals surface area contributed by atoms with E-state index in [4.69, 9.17) is 10.2 Å². The monoisotopic (exact) mass is 252 g/mol. The van der Waals surface area contributed by atoms with Crippen molar-refractivity contribution in [3.05, 3.63) is 0 Å². The normalized spacial score (nSPS) is 13.2. The van der Waals surface area contributed by atoms with Crippen molar-refractivity contribution < 1.29 is 19.2 Å². The summed E-state index contributed by atoms with van der Waals surface area (Å²) in [5.41, 5.74) is 0. The molecule has 0 aliphatic heterocycles. The number of hydrogen-bond acceptors (Lipinski definition) is 7. The van der Waals surface area contributed by atoms with Gasteiger partial charge in [0.05, 0.1) is 0 Å². The Morgan fingerprint density at radius 1 is 1.50 bits per heavy atom. The standard InChI is InChI=1S/C9H20N2O4S/c1-7(9(14)15-16)10-4-6-11(2)5-3-8(12)13/h7-8,10,12-13,16H,3-6H2,1-2H3. The molecule has 0 heterocycles. The van der Waals surface area contributed by atoms with Gasteiger partial charge in [-0.15, -0.1) is 0 Å². The minimum atomic E-state index is -1.27. The Balaban J connectivity index is 3.53. The Morgan fingerprint density at radius 2 is 2.12 bits per heavy atom. The van der Waals surface area contributed by atoms with Gasteiger partial charge in [0.25, 0.3) is 0 Å². The number of aliphatic hydroxyl groups is 2. The summed E-state index contributed by atoms with van der Waals surface area (Å²) in [5.74, 6) is -0.420. The lowest BCUT2D eigenvalue weighted by Crippen LogP contribution is -2.39. The number of carbonyl (C=O) groups excluding carboxylic acids is 1. The summed E-state index contributed by atoms with van der Waals surface area (Å²) in [7, 11) is 1.87. The molecule has 1 unspecified atom stereocenters. The second kappa shape index (κ2) is 8.77. The van der Waals surface area contributed by atoms with Gasteiger partial charge in [-0.05, 0) is 14.0 Å². The third-order valence-corrected chi connectivity index (χ3v) is 2.34. The van der Waals surface area contributed by atoms with Crippen molar-refractivity contribution in [2.45, 2.75) is 25.7 Å². The Bertz CT molecular complexity index is 204. The quantitative estimate of drug-likeness (QED) is 0.252. The third-order valence-electron chi connectivity index (χ3n) is 2.16. The van der Waals surface area contributed by atoms with Gasteiger partial charge in [-0.25, -0.2) is 4.79 Å². The SMILES string of the molecule is CC(NCCN(C)CCC(O)O)C(=O)OS. The minimum absolute atomic E-state index is 0.310. The summed E-state index contributed by atoms with van der Waals surface area (Å²) >= 11 is 3.42. The predicted octanol–water partition coefficient (Wildman–Crippen LogP) is -1.01. The average Bonchev–Trinajstić information content (AvgIpc) is 2.24. The molecule has 3 N–H and O–H groups in total. The number of thiol groups is 1. The van der Waals surface area contributed by atoms with E-state index in [-0.39, 0.29) is 0 Å². The molecule has 0 aromatic rings. The molecule has 0 amide bonds. The molecular formula is C9H20N2O4S. The second-order valence-corrected chi connectivity index (χ2v) is 3.84. The summed E-state index contributed by atoms with van der Waals surface area (Å²) in [6.45, 7) is 3.60. The van der Waals surface area contributed by atoms with Gasteiger partial charge < -0.3 is 24.6 Å². The van der Waals surface area contributed by atoms with E-state index in [2.05, 4.69) is 22.4 Å². The van der Waals surface area contributed by atoms with Gasteiger partial charge in [0, 0.05) is 39.0 Å². The zero-order valence-corrected chi connectivity index (χ0v) is 10.5. The molecule has 0 aromatic heterocycles. The highest BCUT2D eigenvalue weighted by molar-refractivity contribution is 7.75. The molecule has 0 aromatic carbocycles. The van der Waals surface area contributed by atoms with Crippen LogP contribution >= 0.6 is 12.9 Å². The maximum atomic E-state index is 11.0. The maximum absolute atomic E-state index is 11.0. The number of rotatable bonds is 8. The van der Waals surface area contributed by atoms with Gasteiger partial charge in [-0.1, -0.05) is 0 Å². The average molecular weight is 252 g/mol. The van der Waals surface area contributed by atoms with Gasteiger partial charge >= 0.3 is 5.97 Å². The van der Waals surface area contributed by atoms with Gasteiger partial charge in [-0.3, -0.25) is 0 Å². The number of likely N-dealkylation sites (N-methyl/N-ethyl adjacent to an activating group) is 1. The summed E-state index contributed by atoms with van der Waals surface area (Å²) in [5, 5.41) is 20.3. The van der Waals surface area contributed by atoms with Crippen molar-refractivity contribution in [2.75, 3.05) is 26.7 Å². The van der Waals surface area contributed by atoms with Gasteiger partial charge in [0.1, 0.15) is 6.04 Å². The number of aliphatic hydroxyl groups excluding tert-OH is 1. The van der Waals surface area contributed by atoms with Crippen LogP contribution in [0, 0.1) is 0 Å². The maximum Gasteiger partial charge on any atom is 0.334 e. The van der Waals surface area contributed by atoms with E-state index in [1.807, 2.05) is 11.9 Å². The van der Waals surface area contributed by atoms with Gasteiger partial charge in [-0.2, -0.15) is 0 Å². The predicted molar refractivity (Wildman–Crippen MR) is 62.9 cm³/mol. The minimum Gasteiger partial charge on any atom is -0.393 e. The number of nitrogens with one attached hydrogen (secondary N) is 1. The number of hydrogen-bond donors (Lipinski definition) is 4. The lowest BCUT2D eigenvalue weighted by molar-refractivity contribution is -0.134. The van der Waals surface area contributed by atoms with Crippen LogP contribution in [0.4, 0.5) is 0 Å². The highest BCUT2D eigenvalue weighted by Gasteiger charge is 2.12. The molecule has 0 saturated heterocycles. The van der Waals surface area contributed by atoms with Crippen molar-refractivity contribution in [2.24, 2.45) is 0 Å². The third kappa shape index (κ3) is 7.89. The van der Waals surface area contributed by atoms with Crippen LogP contribution in [0.5, 0.6) is 0 Å². The molecule has 0 radical (unpaired) electrons. The molecule has 0 saturated carbocycles. The van der Waals surface area contributed by atoms with E-state index >= 15 is 0 Å². The fourth-order valence-corrected chi connectivity index (χ4v) is 1.24. The van der Waals surface area contributed by atoms with Crippen LogP contribution in [0.1, 0.15) is 13.3 Å². The summed E-state index contributed by atoms with van der Waals surface area (Å²) in [6, 6.07) is -0.394. The van der Waals surface area contributed by atoms with Gasteiger partial charge in [0.15, 0.2) is 6.29 Å². The first-order valence-electron chi connectivity index (χ1n) is 5.10. The van der Waals surface area contributed by atoms with E-state index in [9.17, 15) is 4.79 Å². The Kier molecular flexibility index (Phi) is 8.58. The van der Waals surface area contributed by atoms with Crippen LogP contribution in [-0.2, 0) is 8.98 Å². The molecular weight excluding hydrogens is 232 g/mol. The highest BCUT2D eigenvalue weighted by atomic mass is 32.1. The molecule has 1 atom stereocenters. The van der Waals surface area contributed by atoms with E-state index in [0.29, 0.717) is 26.1 Å². The molecule has 0 aliphatic rings. The number of carbonyl (C=O) groups is 1. The molecule has 0 fully saturated rings. The van der Waals surface area contributed by atoms with Gasteiger partial charge in [0.2, 0.25) is 0 Å². The van der Waals surface area contributed by atoms with E-state index in [0.717, 1.165) is 0 Å². The van der Waals surface area contributed by atoms with Crippen molar-refractivity contribution in [1.82, 2.24) is 10.2 Å². The smallest absolute Gasteiger partial charge is 0.334 e. The molecule has 7 heteroatoms. The topological polar surface area (TPSA) is 82.0 Å². The molecule has 96 valence electrons. The molecule has 0 spiro atoms. The van der Waals surface area contributed by atoms with E-state index < -0.39 is 18.3 Å². The van der Waals surface area contributed by atoms with Crippen molar-refractivity contribution in [1.29, 1.82) is 0 Å². The van der Waals surface area contributed by atoms with Crippen molar-refractivity contribution in [3.63, 3.8) is 0 Å². The fraction of sp³-hybridized carbons (Fsp3) is 0.889. The van der Waals surface area contributed by atoms with Crippen LogP contribution in [0.25, 0.3) is 0 Å². The molecule has 0 aliphatic carbocycles. The van der Waals surface area contributed by atoms with Crippen LogP contribution in [0.15, 0.2) is 0 Å². The second-order valence-electron chi connectivity index (χ2n) is 3.66. The zero-order valence-electron chi connectivity index (χ0n) is 9.59. The van der Waals surface area contributed by atoms with Crippen LogP contribution in [0.3, 0.4) is 0 Å². The number of nitrogens with zero attached hydrogens (tertiary/aromatic N) is 1. The lowest BCUT2D eigenvalue weighted by Gasteiger charge is -2.18. The molecule has 0 rings (SSSR count). The first-order chi connectivity index (χ1) is 7.47. The summed E-state index contributed by atoms with van der Waals surface area (Å²) in [4.78, 5) is 12.9. The van der Waals surface area contributed by atoms with Crippen LogP contribution in [0.2, 0.25) is 0 Å². The highest BCUT2D eigenvalue weighted by Crippen LogP contribution is 1.92. The zero-order chi connectivity index (χ0) is 12.6. The van der Waals surface area contributed by atoms with E-state index in [1.165, 1.54) is 0 Å². The first-order valence-corrected chi connectivity index (χ1v) is 5.47. The van der Waals surface area contributed by atoms with E-state index in [1.54, 1.807) is 6.92 Å². The van der Waals surface area contributed by atoms with Crippen molar-refractivity contribution >= 4 is 18.9 Å². The van der Waals surface area contributed by atoms with Crippen LogP contribution in [-0.4, -0.2) is 60.1 Å². The van der Waals surface area contributed by atoms with Crippen molar-refractivity contribution in [3.8, 4) is 0 Å². The molecule has 0 bridgehead atoms. The summed E-state index contributed by atoms with van der Waals surface area (Å²) in [6.07, 6.45) is -0.960. The first kappa shape index (κ1) is 15.7. The Labute approximate surface area is 101 Å². The Hall–Kier alpha value is -0.340. The Morgan fingerprint density at radius 3 is 2.62 bits per heavy atom. The molecule has 6 nitrogen and oxygen atoms in total. The lowest BCUT2D eigenvalue weighted by atomic mass is 10.3. The fourth-order valence-electron chi connectivity index (χ4n) is 1.08. The molecule has 16 heavy (non-hydrogen) atoms.